The van der Waals surface area contributed by atoms with E-state index < -0.39 is 0 Å². The fourth-order valence-corrected chi connectivity index (χ4v) is 3.44. The standard InChI is InChI=1S/C22H21NO2/c1-24-21-13-17-11-15-7-3-5-9-19(15)23-20-10-6-4-8-16(20)12-18(17)14-22(21)25-2/h3-10,13-14,23H,11-12H2,1-2H3. The summed E-state index contributed by atoms with van der Waals surface area (Å²) in [5.41, 5.74) is 7.38. The molecule has 1 aliphatic rings. The van der Waals surface area contributed by atoms with Crippen molar-refractivity contribution in [2.24, 2.45) is 0 Å². The molecule has 0 amide bonds. The largest absolute Gasteiger partial charge is 0.493 e. The predicted molar refractivity (Wildman–Crippen MR) is 101 cm³/mol. The molecule has 0 unspecified atom stereocenters. The van der Waals surface area contributed by atoms with E-state index in [9.17, 15) is 0 Å². The highest BCUT2D eigenvalue weighted by molar-refractivity contribution is 5.68. The second kappa shape index (κ2) is 6.52. The Balaban J connectivity index is 1.94. The number of benzene rings is 3. The first-order valence-electron chi connectivity index (χ1n) is 8.45. The Kier molecular flexibility index (Phi) is 4.06. The first kappa shape index (κ1) is 15.6. The molecule has 0 saturated heterocycles. The third-order valence-corrected chi connectivity index (χ3v) is 4.77. The van der Waals surface area contributed by atoms with E-state index in [0.717, 1.165) is 35.7 Å². The van der Waals surface area contributed by atoms with E-state index in [1.807, 2.05) is 0 Å². The molecule has 0 radical (unpaired) electrons. The third kappa shape index (κ3) is 2.93. The van der Waals surface area contributed by atoms with Gasteiger partial charge < -0.3 is 14.8 Å². The van der Waals surface area contributed by atoms with Gasteiger partial charge in [0.25, 0.3) is 0 Å². The summed E-state index contributed by atoms with van der Waals surface area (Å²) in [6.45, 7) is 0. The van der Waals surface area contributed by atoms with Crippen LogP contribution >= 0.6 is 0 Å². The van der Waals surface area contributed by atoms with E-state index in [1.54, 1.807) is 14.2 Å². The Labute approximate surface area is 148 Å². The zero-order valence-corrected chi connectivity index (χ0v) is 14.5. The lowest BCUT2D eigenvalue weighted by atomic mass is 9.94. The van der Waals surface area contributed by atoms with Gasteiger partial charge in [-0.05, 0) is 59.4 Å². The minimum Gasteiger partial charge on any atom is -0.493 e. The second-order valence-electron chi connectivity index (χ2n) is 6.27. The predicted octanol–water partition coefficient (Wildman–Crippen LogP) is 4.94. The summed E-state index contributed by atoms with van der Waals surface area (Å²) in [4.78, 5) is 0. The van der Waals surface area contributed by atoms with Crippen LogP contribution < -0.4 is 14.8 Å². The van der Waals surface area contributed by atoms with Crippen LogP contribution in [-0.4, -0.2) is 14.2 Å². The molecule has 25 heavy (non-hydrogen) atoms. The highest BCUT2D eigenvalue weighted by Crippen LogP contribution is 2.36. The highest BCUT2D eigenvalue weighted by Gasteiger charge is 2.17. The number of hydrogen-bond acceptors (Lipinski definition) is 3. The number of methoxy groups -OCH3 is 2. The summed E-state index contributed by atoms with van der Waals surface area (Å²) in [7, 11) is 3.37. The molecule has 126 valence electrons. The molecule has 0 atom stereocenters. The number of rotatable bonds is 2. The van der Waals surface area contributed by atoms with Crippen LogP contribution in [-0.2, 0) is 12.8 Å². The molecule has 4 rings (SSSR count). The van der Waals surface area contributed by atoms with Crippen molar-refractivity contribution in [1.82, 2.24) is 0 Å². The molecule has 0 aliphatic carbocycles. The lowest BCUT2D eigenvalue weighted by Gasteiger charge is -2.15. The van der Waals surface area contributed by atoms with Crippen LogP contribution in [0.3, 0.4) is 0 Å². The van der Waals surface area contributed by atoms with Gasteiger partial charge in [0, 0.05) is 11.4 Å². The smallest absolute Gasteiger partial charge is 0.161 e. The fraction of sp³-hybridized carbons (Fsp3) is 0.182. The maximum Gasteiger partial charge on any atom is 0.161 e. The van der Waals surface area contributed by atoms with E-state index in [0.29, 0.717) is 0 Å². The molecule has 0 spiro atoms. The SMILES string of the molecule is COc1cc2c(cc1OC)Cc1ccccc1Nc1ccccc1C2. The highest BCUT2D eigenvalue weighted by atomic mass is 16.5. The van der Waals surface area contributed by atoms with E-state index in [4.69, 9.17) is 9.47 Å². The van der Waals surface area contributed by atoms with Gasteiger partial charge in [-0.2, -0.15) is 0 Å². The normalized spacial score (nSPS) is 12.4. The topological polar surface area (TPSA) is 30.5 Å². The first-order valence-corrected chi connectivity index (χ1v) is 8.45. The summed E-state index contributed by atoms with van der Waals surface area (Å²) >= 11 is 0. The fourth-order valence-electron chi connectivity index (χ4n) is 3.44. The van der Waals surface area contributed by atoms with Crippen LogP contribution in [0.5, 0.6) is 11.5 Å². The summed E-state index contributed by atoms with van der Waals surface area (Å²) in [6, 6.07) is 21.2. The van der Waals surface area contributed by atoms with Crippen LogP contribution in [0.1, 0.15) is 22.3 Å². The molecule has 0 saturated carbocycles. The molecule has 0 aromatic heterocycles. The first-order chi connectivity index (χ1) is 12.3. The summed E-state index contributed by atoms with van der Waals surface area (Å²) in [6.07, 6.45) is 1.71. The Morgan fingerprint density at radius 3 is 1.52 bits per heavy atom. The van der Waals surface area contributed by atoms with Crippen LogP contribution in [0.15, 0.2) is 60.7 Å². The van der Waals surface area contributed by atoms with Gasteiger partial charge in [0.05, 0.1) is 14.2 Å². The Morgan fingerprint density at radius 2 is 1.08 bits per heavy atom. The molecule has 1 aliphatic heterocycles. The van der Waals surface area contributed by atoms with Crippen LogP contribution in [0.4, 0.5) is 11.4 Å². The lowest BCUT2D eigenvalue weighted by Crippen LogP contribution is -2.00. The second-order valence-corrected chi connectivity index (χ2v) is 6.27. The van der Waals surface area contributed by atoms with Crippen molar-refractivity contribution in [3.05, 3.63) is 82.9 Å². The lowest BCUT2D eigenvalue weighted by molar-refractivity contribution is 0.354. The molecular formula is C22H21NO2. The molecule has 0 bridgehead atoms. The average molecular weight is 331 g/mol. The van der Waals surface area contributed by atoms with Gasteiger partial charge in [0.2, 0.25) is 0 Å². The Morgan fingerprint density at radius 1 is 0.640 bits per heavy atom. The van der Waals surface area contributed by atoms with Crippen LogP contribution in [0, 0.1) is 0 Å². The molecule has 3 nitrogen and oxygen atoms in total. The number of fused-ring (bicyclic) bond motifs is 3. The van der Waals surface area contributed by atoms with Crippen molar-refractivity contribution >= 4 is 11.4 Å². The van der Waals surface area contributed by atoms with Gasteiger partial charge >= 0.3 is 0 Å². The summed E-state index contributed by atoms with van der Waals surface area (Å²) < 4.78 is 11.0. The van der Waals surface area contributed by atoms with Crippen molar-refractivity contribution in [3.8, 4) is 11.5 Å². The zero-order chi connectivity index (χ0) is 17.2. The molecule has 3 aromatic carbocycles. The van der Waals surface area contributed by atoms with Crippen molar-refractivity contribution in [1.29, 1.82) is 0 Å². The molecule has 1 heterocycles. The maximum atomic E-state index is 5.52. The number of para-hydroxylation sites is 2. The Hall–Kier alpha value is -2.94. The van der Waals surface area contributed by atoms with Crippen molar-refractivity contribution < 1.29 is 9.47 Å². The quantitative estimate of drug-likeness (QED) is 0.564. The van der Waals surface area contributed by atoms with E-state index in [1.165, 1.54) is 22.3 Å². The monoisotopic (exact) mass is 331 g/mol. The van der Waals surface area contributed by atoms with Gasteiger partial charge in [-0.15, -0.1) is 0 Å². The molecule has 1 N–H and O–H groups in total. The van der Waals surface area contributed by atoms with Gasteiger partial charge in [0.15, 0.2) is 11.5 Å². The number of anilines is 2. The van der Waals surface area contributed by atoms with Gasteiger partial charge in [-0.3, -0.25) is 0 Å². The van der Waals surface area contributed by atoms with Gasteiger partial charge in [-0.1, -0.05) is 36.4 Å². The maximum absolute atomic E-state index is 5.52. The Bertz CT molecular complexity index is 843. The molecule has 0 fully saturated rings. The molecule has 3 aromatic rings. The summed E-state index contributed by atoms with van der Waals surface area (Å²) in [5, 5.41) is 3.61. The van der Waals surface area contributed by atoms with Crippen molar-refractivity contribution in [2.45, 2.75) is 12.8 Å². The van der Waals surface area contributed by atoms with Gasteiger partial charge in [0.1, 0.15) is 0 Å². The van der Waals surface area contributed by atoms with Crippen molar-refractivity contribution in [2.75, 3.05) is 19.5 Å². The minimum absolute atomic E-state index is 0.777. The average Bonchev–Trinajstić information content (AvgIpc) is 2.71. The van der Waals surface area contributed by atoms with Crippen LogP contribution in [0.25, 0.3) is 0 Å². The van der Waals surface area contributed by atoms with Gasteiger partial charge in [-0.25, -0.2) is 0 Å². The number of hydrogen-bond donors (Lipinski definition) is 1. The van der Waals surface area contributed by atoms with E-state index in [2.05, 4.69) is 66.0 Å². The molecular weight excluding hydrogens is 310 g/mol. The molecule has 3 heteroatoms. The number of ether oxygens (including phenoxy) is 2. The van der Waals surface area contributed by atoms with Crippen LogP contribution in [0.2, 0.25) is 0 Å². The van der Waals surface area contributed by atoms with Crippen molar-refractivity contribution in [3.63, 3.8) is 0 Å². The number of nitrogens with one attached hydrogen (secondary N) is 1. The minimum atomic E-state index is 0.777. The zero-order valence-electron chi connectivity index (χ0n) is 14.5. The third-order valence-electron chi connectivity index (χ3n) is 4.77. The van der Waals surface area contributed by atoms with E-state index in [-0.39, 0.29) is 0 Å². The summed E-state index contributed by atoms with van der Waals surface area (Å²) in [5.74, 6) is 1.55. The van der Waals surface area contributed by atoms with E-state index >= 15 is 0 Å².